The lowest BCUT2D eigenvalue weighted by Crippen LogP contribution is -2.41. The Bertz CT molecular complexity index is 446. The third-order valence-corrected chi connectivity index (χ3v) is 5.07. The van der Waals surface area contributed by atoms with E-state index in [0.29, 0.717) is 12.5 Å². The van der Waals surface area contributed by atoms with E-state index in [1.807, 2.05) is 16.5 Å². The van der Waals surface area contributed by atoms with Gasteiger partial charge in [0.15, 0.2) is 0 Å². The van der Waals surface area contributed by atoms with Crippen molar-refractivity contribution in [1.29, 1.82) is 0 Å². The summed E-state index contributed by atoms with van der Waals surface area (Å²) in [5, 5.41) is 3.15. The highest BCUT2D eigenvalue weighted by molar-refractivity contribution is 7.09. The van der Waals surface area contributed by atoms with Crippen molar-refractivity contribution in [3.05, 3.63) is 16.6 Å². The van der Waals surface area contributed by atoms with E-state index < -0.39 is 0 Å². The zero-order chi connectivity index (χ0) is 14.5. The second-order valence-corrected chi connectivity index (χ2v) is 6.63. The second kappa shape index (κ2) is 7.33. The van der Waals surface area contributed by atoms with Gasteiger partial charge in [0, 0.05) is 37.2 Å². The van der Waals surface area contributed by atoms with Gasteiger partial charge in [-0.05, 0) is 25.7 Å². The van der Waals surface area contributed by atoms with Gasteiger partial charge in [0.05, 0.1) is 17.7 Å². The number of aromatic nitrogens is 1. The lowest BCUT2D eigenvalue weighted by atomic mass is 9.99. The highest BCUT2D eigenvalue weighted by atomic mass is 32.1. The predicted molar refractivity (Wildman–Crippen MR) is 80.5 cm³/mol. The molecule has 0 bridgehead atoms. The predicted octanol–water partition coefficient (Wildman–Crippen LogP) is 2.04. The van der Waals surface area contributed by atoms with E-state index in [9.17, 15) is 4.79 Å². The highest BCUT2D eigenvalue weighted by Gasteiger charge is 2.26. The van der Waals surface area contributed by atoms with Gasteiger partial charge in [-0.1, -0.05) is 0 Å². The summed E-state index contributed by atoms with van der Waals surface area (Å²) in [6.45, 7) is 3.14. The zero-order valence-corrected chi connectivity index (χ0v) is 13.0. The summed E-state index contributed by atoms with van der Waals surface area (Å²) >= 11 is 1.68. The molecule has 6 heteroatoms. The lowest BCUT2D eigenvalue weighted by Gasteiger charge is -2.31. The summed E-state index contributed by atoms with van der Waals surface area (Å²) in [5.74, 6) is 0.482. The first-order valence-corrected chi connectivity index (χ1v) is 8.57. The highest BCUT2D eigenvalue weighted by Crippen LogP contribution is 2.28. The van der Waals surface area contributed by atoms with Crippen LogP contribution in [0.25, 0.3) is 0 Å². The van der Waals surface area contributed by atoms with Gasteiger partial charge in [-0.15, -0.1) is 11.3 Å². The van der Waals surface area contributed by atoms with Gasteiger partial charge >= 0.3 is 0 Å². The van der Waals surface area contributed by atoms with Crippen LogP contribution in [-0.2, 0) is 14.3 Å². The summed E-state index contributed by atoms with van der Waals surface area (Å²) < 4.78 is 11.0. The molecule has 0 aliphatic carbocycles. The van der Waals surface area contributed by atoms with E-state index in [1.165, 1.54) is 0 Å². The molecule has 2 aliphatic heterocycles. The molecule has 1 amide bonds. The SMILES string of the molecule is O=C(COC[C@H]1CCCO1)N1CCC[C@H](c2nccs2)C1. The number of carbonyl (C=O) groups excluding carboxylic acids is 1. The van der Waals surface area contributed by atoms with Crippen LogP contribution in [0.15, 0.2) is 11.6 Å². The van der Waals surface area contributed by atoms with Gasteiger partial charge in [-0.2, -0.15) is 0 Å². The van der Waals surface area contributed by atoms with Gasteiger partial charge in [0.25, 0.3) is 0 Å². The van der Waals surface area contributed by atoms with E-state index in [1.54, 1.807) is 11.3 Å². The molecule has 2 aliphatic rings. The van der Waals surface area contributed by atoms with Crippen LogP contribution >= 0.6 is 11.3 Å². The van der Waals surface area contributed by atoms with E-state index in [-0.39, 0.29) is 18.6 Å². The summed E-state index contributed by atoms with van der Waals surface area (Å²) in [4.78, 5) is 18.5. The van der Waals surface area contributed by atoms with Crippen LogP contribution in [0.1, 0.15) is 36.6 Å². The van der Waals surface area contributed by atoms with Crippen LogP contribution in [-0.4, -0.2) is 54.8 Å². The van der Waals surface area contributed by atoms with Crippen molar-refractivity contribution in [2.24, 2.45) is 0 Å². The number of amides is 1. The van der Waals surface area contributed by atoms with Gasteiger partial charge in [-0.3, -0.25) is 4.79 Å². The molecule has 2 saturated heterocycles. The third-order valence-electron chi connectivity index (χ3n) is 4.13. The largest absolute Gasteiger partial charge is 0.376 e. The van der Waals surface area contributed by atoms with Crippen molar-refractivity contribution >= 4 is 17.2 Å². The minimum absolute atomic E-state index is 0.0919. The van der Waals surface area contributed by atoms with Crippen molar-refractivity contribution in [2.45, 2.75) is 37.7 Å². The smallest absolute Gasteiger partial charge is 0.248 e. The Kier molecular flexibility index (Phi) is 5.22. The molecule has 2 fully saturated rings. The van der Waals surface area contributed by atoms with Crippen LogP contribution in [0.3, 0.4) is 0 Å². The van der Waals surface area contributed by atoms with Crippen molar-refractivity contribution in [3.63, 3.8) is 0 Å². The van der Waals surface area contributed by atoms with Crippen molar-refractivity contribution < 1.29 is 14.3 Å². The normalized spacial score (nSPS) is 26.2. The molecule has 21 heavy (non-hydrogen) atoms. The molecule has 3 rings (SSSR count). The Morgan fingerprint density at radius 3 is 3.19 bits per heavy atom. The molecule has 1 aromatic heterocycles. The molecule has 0 N–H and O–H groups in total. The summed E-state index contributed by atoms with van der Waals surface area (Å²) in [6.07, 6.45) is 6.33. The van der Waals surface area contributed by atoms with E-state index >= 15 is 0 Å². The number of piperidine rings is 1. The standard InChI is InChI=1S/C15H22N2O3S/c18-14(11-19-10-13-4-2-7-20-13)17-6-1-3-12(9-17)15-16-5-8-21-15/h5,8,12-13H,1-4,6-7,9-11H2/t12-,13+/m0/s1. The maximum absolute atomic E-state index is 12.2. The fourth-order valence-corrected chi connectivity index (χ4v) is 3.75. The molecule has 3 heterocycles. The van der Waals surface area contributed by atoms with Crippen LogP contribution in [0.2, 0.25) is 0 Å². The van der Waals surface area contributed by atoms with Crippen molar-refractivity contribution in [3.8, 4) is 0 Å². The van der Waals surface area contributed by atoms with E-state index in [0.717, 1.165) is 50.4 Å². The number of hydrogen-bond donors (Lipinski definition) is 0. The topological polar surface area (TPSA) is 51.7 Å². The number of ether oxygens (including phenoxy) is 2. The molecule has 0 radical (unpaired) electrons. The maximum Gasteiger partial charge on any atom is 0.248 e. The molecular formula is C15H22N2O3S. The fourth-order valence-electron chi connectivity index (χ4n) is 2.99. The maximum atomic E-state index is 12.2. The molecule has 0 saturated carbocycles. The summed E-state index contributed by atoms with van der Waals surface area (Å²) in [6, 6.07) is 0. The minimum Gasteiger partial charge on any atom is -0.376 e. The number of hydrogen-bond acceptors (Lipinski definition) is 5. The second-order valence-electron chi connectivity index (χ2n) is 5.70. The van der Waals surface area contributed by atoms with Crippen LogP contribution in [0.4, 0.5) is 0 Å². The van der Waals surface area contributed by atoms with Gasteiger partial charge < -0.3 is 14.4 Å². The van der Waals surface area contributed by atoms with E-state index in [2.05, 4.69) is 4.98 Å². The Hall–Kier alpha value is -0.980. The summed E-state index contributed by atoms with van der Waals surface area (Å²) in [5.41, 5.74) is 0. The lowest BCUT2D eigenvalue weighted by molar-refractivity contribution is -0.138. The number of nitrogens with zero attached hydrogens (tertiary/aromatic N) is 2. The number of carbonyl (C=O) groups is 1. The third kappa shape index (κ3) is 4.02. The van der Waals surface area contributed by atoms with Crippen LogP contribution in [0, 0.1) is 0 Å². The quantitative estimate of drug-likeness (QED) is 0.835. The first-order chi connectivity index (χ1) is 10.3. The Labute approximate surface area is 129 Å². The van der Waals surface area contributed by atoms with Gasteiger partial charge in [-0.25, -0.2) is 4.98 Å². The molecular weight excluding hydrogens is 288 g/mol. The Balaban J connectivity index is 1.43. The van der Waals surface area contributed by atoms with Crippen molar-refractivity contribution in [1.82, 2.24) is 9.88 Å². The molecule has 0 aromatic carbocycles. The molecule has 0 spiro atoms. The van der Waals surface area contributed by atoms with Gasteiger partial charge in [0.2, 0.25) is 5.91 Å². The Morgan fingerprint density at radius 2 is 2.43 bits per heavy atom. The minimum atomic E-state index is 0.0919. The first kappa shape index (κ1) is 14.9. The first-order valence-electron chi connectivity index (χ1n) is 7.69. The molecule has 5 nitrogen and oxygen atoms in total. The molecule has 2 atom stereocenters. The molecule has 116 valence electrons. The Morgan fingerprint density at radius 1 is 1.48 bits per heavy atom. The van der Waals surface area contributed by atoms with Crippen molar-refractivity contribution in [2.75, 3.05) is 32.9 Å². The van der Waals surface area contributed by atoms with E-state index in [4.69, 9.17) is 9.47 Å². The average molecular weight is 310 g/mol. The van der Waals surface area contributed by atoms with Crippen LogP contribution in [0.5, 0.6) is 0 Å². The molecule has 1 aromatic rings. The average Bonchev–Trinajstić information content (AvgIpc) is 3.21. The monoisotopic (exact) mass is 310 g/mol. The van der Waals surface area contributed by atoms with Crippen LogP contribution < -0.4 is 0 Å². The summed E-state index contributed by atoms with van der Waals surface area (Å²) in [7, 11) is 0. The number of likely N-dealkylation sites (tertiary alicyclic amines) is 1. The van der Waals surface area contributed by atoms with Gasteiger partial charge in [0.1, 0.15) is 6.61 Å². The zero-order valence-electron chi connectivity index (χ0n) is 12.2. The fraction of sp³-hybridized carbons (Fsp3) is 0.733. The number of thiazole rings is 1. The number of rotatable bonds is 5. The molecule has 0 unspecified atom stereocenters.